The van der Waals surface area contributed by atoms with Gasteiger partial charge in [0, 0.05) is 31.2 Å². The number of hydrogen-bond acceptors (Lipinski definition) is 4. The summed E-state index contributed by atoms with van der Waals surface area (Å²) in [5.41, 5.74) is 0. The summed E-state index contributed by atoms with van der Waals surface area (Å²) in [6.07, 6.45) is 5.55. The summed E-state index contributed by atoms with van der Waals surface area (Å²) >= 11 is 0. The maximum Gasteiger partial charge on any atom is 0.117 e. The van der Waals surface area contributed by atoms with Crippen molar-refractivity contribution in [3.63, 3.8) is 0 Å². The van der Waals surface area contributed by atoms with Crippen LogP contribution in [0.1, 0.15) is 25.0 Å². The highest BCUT2D eigenvalue weighted by atomic mass is 16.5. The molecule has 106 valence electrons. The number of ether oxygens (including phenoxy) is 1. The summed E-state index contributed by atoms with van der Waals surface area (Å²) in [4.78, 5) is 2.57. The van der Waals surface area contributed by atoms with Gasteiger partial charge in [-0.2, -0.15) is 0 Å². The van der Waals surface area contributed by atoms with Crippen LogP contribution < -0.4 is 5.32 Å². The first-order valence-corrected chi connectivity index (χ1v) is 7.38. The summed E-state index contributed by atoms with van der Waals surface area (Å²) in [5, 5.41) is 3.45. The lowest BCUT2D eigenvalue weighted by molar-refractivity contribution is 0.0150. The predicted molar refractivity (Wildman–Crippen MR) is 73.9 cm³/mol. The van der Waals surface area contributed by atoms with Crippen LogP contribution in [0.15, 0.2) is 22.8 Å². The molecule has 2 aliphatic rings. The molecule has 19 heavy (non-hydrogen) atoms. The Kier molecular flexibility index (Phi) is 4.21. The van der Waals surface area contributed by atoms with Crippen molar-refractivity contribution in [3.8, 4) is 0 Å². The second-order valence-electron chi connectivity index (χ2n) is 5.76. The molecule has 1 aromatic heterocycles. The standard InChI is InChI=1S/C15H24N2O2/c1-16-15-6-8-18-11-12(15)9-17(13-4-5-13)10-14-3-2-7-19-14/h2-3,7,12-13,15-16H,4-6,8-11H2,1H3. The third-order valence-electron chi connectivity index (χ3n) is 4.32. The smallest absolute Gasteiger partial charge is 0.117 e. The first kappa shape index (κ1) is 13.2. The fraction of sp³-hybridized carbons (Fsp3) is 0.733. The van der Waals surface area contributed by atoms with E-state index in [1.54, 1.807) is 6.26 Å². The monoisotopic (exact) mass is 264 g/mol. The van der Waals surface area contributed by atoms with Crippen LogP contribution in [0.25, 0.3) is 0 Å². The van der Waals surface area contributed by atoms with E-state index in [-0.39, 0.29) is 0 Å². The van der Waals surface area contributed by atoms with Gasteiger partial charge in [-0.25, -0.2) is 0 Å². The Balaban J connectivity index is 1.60. The molecular weight excluding hydrogens is 240 g/mol. The maximum absolute atomic E-state index is 5.66. The number of furan rings is 1. The van der Waals surface area contributed by atoms with Gasteiger partial charge in [0.25, 0.3) is 0 Å². The van der Waals surface area contributed by atoms with Gasteiger partial charge in [-0.3, -0.25) is 4.90 Å². The van der Waals surface area contributed by atoms with Gasteiger partial charge in [0.15, 0.2) is 0 Å². The van der Waals surface area contributed by atoms with Crippen LogP contribution in [-0.4, -0.2) is 43.8 Å². The molecule has 0 aromatic carbocycles. The van der Waals surface area contributed by atoms with Crippen molar-refractivity contribution in [3.05, 3.63) is 24.2 Å². The van der Waals surface area contributed by atoms with Crippen LogP contribution in [0, 0.1) is 5.92 Å². The predicted octanol–water partition coefficient (Wildman–Crippen LogP) is 1.87. The largest absolute Gasteiger partial charge is 0.468 e. The Bertz CT molecular complexity index is 376. The van der Waals surface area contributed by atoms with E-state index in [9.17, 15) is 0 Å². The molecular formula is C15H24N2O2. The molecule has 4 nitrogen and oxygen atoms in total. The van der Waals surface area contributed by atoms with Crippen LogP contribution >= 0.6 is 0 Å². The van der Waals surface area contributed by atoms with E-state index in [0.29, 0.717) is 12.0 Å². The minimum Gasteiger partial charge on any atom is -0.468 e. The first-order valence-electron chi connectivity index (χ1n) is 7.38. The van der Waals surface area contributed by atoms with Crippen molar-refractivity contribution >= 4 is 0 Å². The van der Waals surface area contributed by atoms with Gasteiger partial charge < -0.3 is 14.5 Å². The van der Waals surface area contributed by atoms with Crippen molar-refractivity contribution in [2.24, 2.45) is 5.92 Å². The summed E-state index contributed by atoms with van der Waals surface area (Å²) in [6.45, 7) is 3.82. The first-order chi connectivity index (χ1) is 9.36. The number of nitrogens with zero attached hydrogens (tertiary/aromatic N) is 1. The summed E-state index contributed by atoms with van der Waals surface area (Å²) < 4.78 is 11.2. The van der Waals surface area contributed by atoms with Crippen LogP contribution in [-0.2, 0) is 11.3 Å². The van der Waals surface area contributed by atoms with Crippen LogP contribution in [0.5, 0.6) is 0 Å². The second-order valence-corrected chi connectivity index (χ2v) is 5.76. The fourth-order valence-electron chi connectivity index (χ4n) is 3.04. The topological polar surface area (TPSA) is 37.6 Å². The van der Waals surface area contributed by atoms with Crippen LogP contribution in [0.3, 0.4) is 0 Å². The SMILES string of the molecule is CNC1CCOCC1CN(Cc1ccco1)C1CC1. The lowest BCUT2D eigenvalue weighted by atomic mass is 9.95. The zero-order chi connectivity index (χ0) is 13.1. The van der Waals surface area contributed by atoms with E-state index in [4.69, 9.17) is 9.15 Å². The third kappa shape index (κ3) is 3.38. The van der Waals surface area contributed by atoms with Gasteiger partial charge in [-0.15, -0.1) is 0 Å². The molecule has 2 unspecified atom stereocenters. The van der Waals surface area contributed by atoms with Gasteiger partial charge in [-0.05, 0) is 38.4 Å². The Labute approximate surface area is 115 Å². The molecule has 1 aliphatic carbocycles. The molecule has 3 rings (SSSR count). The Morgan fingerprint density at radius 3 is 2.95 bits per heavy atom. The van der Waals surface area contributed by atoms with Crippen molar-refractivity contribution in [2.75, 3.05) is 26.8 Å². The van der Waals surface area contributed by atoms with Gasteiger partial charge in [0.2, 0.25) is 0 Å². The molecule has 2 heterocycles. The quantitative estimate of drug-likeness (QED) is 0.851. The van der Waals surface area contributed by atoms with Crippen LogP contribution in [0.4, 0.5) is 0 Å². The molecule has 0 bridgehead atoms. The van der Waals surface area contributed by atoms with Gasteiger partial charge in [0.05, 0.1) is 19.4 Å². The molecule has 2 fully saturated rings. The van der Waals surface area contributed by atoms with Crippen molar-refractivity contribution < 1.29 is 9.15 Å². The van der Waals surface area contributed by atoms with Gasteiger partial charge in [-0.1, -0.05) is 0 Å². The van der Waals surface area contributed by atoms with E-state index in [2.05, 4.69) is 23.3 Å². The highest BCUT2D eigenvalue weighted by Gasteiger charge is 2.34. The third-order valence-corrected chi connectivity index (χ3v) is 4.32. The molecule has 0 amide bonds. The Morgan fingerprint density at radius 2 is 2.26 bits per heavy atom. The average molecular weight is 264 g/mol. The van der Waals surface area contributed by atoms with Gasteiger partial charge in [0.1, 0.15) is 5.76 Å². The Morgan fingerprint density at radius 1 is 1.37 bits per heavy atom. The van der Waals surface area contributed by atoms with Crippen molar-refractivity contribution in [2.45, 2.75) is 37.9 Å². The summed E-state index contributed by atoms with van der Waals surface area (Å²) in [5.74, 6) is 1.67. The fourth-order valence-corrected chi connectivity index (χ4v) is 3.04. The highest BCUT2D eigenvalue weighted by molar-refractivity contribution is 5.00. The highest BCUT2D eigenvalue weighted by Crippen LogP contribution is 2.30. The molecule has 1 aromatic rings. The molecule has 1 saturated carbocycles. The Hall–Kier alpha value is -0.840. The molecule has 4 heteroatoms. The zero-order valence-electron chi connectivity index (χ0n) is 11.7. The van der Waals surface area contributed by atoms with Crippen molar-refractivity contribution in [1.29, 1.82) is 0 Å². The second kappa shape index (κ2) is 6.07. The minimum absolute atomic E-state index is 0.589. The minimum atomic E-state index is 0.589. The van der Waals surface area contributed by atoms with E-state index >= 15 is 0 Å². The lowest BCUT2D eigenvalue weighted by Crippen LogP contribution is -2.46. The van der Waals surface area contributed by atoms with E-state index in [1.165, 1.54) is 12.8 Å². The molecule has 0 spiro atoms. The zero-order valence-corrected chi connectivity index (χ0v) is 11.7. The molecule has 0 radical (unpaired) electrons. The van der Waals surface area contributed by atoms with Crippen molar-refractivity contribution in [1.82, 2.24) is 10.2 Å². The normalized spacial score (nSPS) is 27.9. The molecule has 2 atom stereocenters. The summed E-state index contributed by atoms with van der Waals surface area (Å²) in [6, 6.07) is 5.39. The van der Waals surface area contributed by atoms with E-state index in [0.717, 1.165) is 44.5 Å². The average Bonchev–Trinajstić information content (AvgIpc) is 3.17. The maximum atomic E-state index is 5.66. The number of nitrogens with one attached hydrogen (secondary N) is 1. The lowest BCUT2D eigenvalue weighted by Gasteiger charge is -2.35. The van der Waals surface area contributed by atoms with Gasteiger partial charge >= 0.3 is 0 Å². The van der Waals surface area contributed by atoms with Crippen LogP contribution in [0.2, 0.25) is 0 Å². The number of rotatable bonds is 6. The molecule has 1 saturated heterocycles. The summed E-state index contributed by atoms with van der Waals surface area (Å²) in [7, 11) is 2.07. The molecule has 1 N–H and O–H groups in total. The van der Waals surface area contributed by atoms with E-state index < -0.39 is 0 Å². The van der Waals surface area contributed by atoms with E-state index in [1.807, 2.05) is 6.07 Å². The molecule has 1 aliphatic heterocycles. The number of hydrogen-bond donors (Lipinski definition) is 1.